The maximum atomic E-state index is 2.49. The molecule has 42 heavy (non-hydrogen) atoms. The maximum Gasteiger partial charge on any atom is -1.00 e. The number of rotatable bonds is 4. The Morgan fingerprint density at radius 3 is 1.79 bits per heavy atom. The number of halogens is 2. The van der Waals surface area contributed by atoms with Gasteiger partial charge in [0, 0.05) is 0 Å². The van der Waals surface area contributed by atoms with Gasteiger partial charge in [-0.15, -0.1) is 0 Å². The van der Waals surface area contributed by atoms with E-state index in [4.69, 9.17) is 0 Å². The average Bonchev–Trinajstić information content (AvgIpc) is 3.59. The molecular weight excluding hydrogens is 631 g/mol. The molecule has 0 unspecified atom stereocenters. The molecular formula is C39H40Cl2Zr. The van der Waals surface area contributed by atoms with Crippen LogP contribution in [-0.2, 0) is 38.5 Å². The minimum Gasteiger partial charge on any atom is -1.00 e. The third kappa shape index (κ3) is 6.17. The van der Waals surface area contributed by atoms with Gasteiger partial charge in [0.15, 0.2) is 0 Å². The van der Waals surface area contributed by atoms with Crippen molar-refractivity contribution < 1.29 is 46.1 Å². The van der Waals surface area contributed by atoms with Gasteiger partial charge in [-0.1, -0.05) is 0 Å². The molecule has 0 aromatic heterocycles. The summed E-state index contributed by atoms with van der Waals surface area (Å²) in [5.74, 6) is 0. The van der Waals surface area contributed by atoms with E-state index in [1.165, 1.54) is 33.4 Å². The van der Waals surface area contributed by atoms with E-state index in [1.807, 2.05) is 0 Å². The van der Waals surface area contributed by atoms with Gasteiger partial charge in [0.1, 0.15) is 0 Å². The van der Waals surface area contributed by atoms with Gasteiger partial charge in [0.25, 0.3) is 0 Å². The fraction of sp³-hybridized carbons (Fsp3) is 0.256. The molecule has 0 heterocycles. The predicted molar refractivity (Wildman–Crippen MR) is 170 cm³/mol. The van der Waals surface area contributed by atoms with Crippen molar-refractivity contribution in [1.29, 1.82) is 0 Å². The zero-order valence-electron chi connectivity index (χ0n) is 25.6. The summed E-state index contributed by atoms with van der Waals surface area (Å²) in [6.45, 7) is 14.2. The summed E-state index contributed by atoms with van der Waals surface area (Å²) < 4.78 is 4.98. The molecule has 214 valence electrons. The molecule has 0 bridgehead atoms. The summed E-state index contributed by atoms with van der Waals surface area (Å²) in [4.78, 5) is 0. The Balaban J connectivity index is 0.00000202. The van der Waals surface area contributed by atoms with Gasteiger partial charge in [-0.3, -0.25) is 0 Å². The Kier molecular flexibility index (Phi) is 9.89. The van der Waals surface area contributed by atoms with Crippen molar-refractivity contribution in [2.45, 2.75) is 65.2 Å². The average molecular weight is 671 g/mol. The van der Waals surface area contributed by atoms with Crippen molar-refractivity contribution in [1.82, 2.24) is 0 Å². The van der Waals surface area contributed by atoms with E-state index in [9.17, 15) is 0 Å². The molecule has 3 heteroatoms. The van der Waals surface area contributed by atoms with Gasteiger partial charge in [-0.05, 0) is 0 Å². The van der Waals surface area contributed by atoms with Crippen LogP contribution in [-0.4, -0.2) is 3.21 Å². The Labute approximate surface area is 273 Å². The molecule has 0 radical (unpaired) electrons. The van der Waals surface area contributed by atoms with E-state index in [2.05, 4.69) is 151 Å². The Hall–Kier alpha value is -2.31. The molecule has 0 aliphatic heterocycles. The van der Waals surface area contributed by atoms with Gasteiger partial charge < -0.3 is 24.8 Å². The van der Waals surface area contributed by atoms with E-state index < -0.39 is 21.3 Å². The quantitative estimate of drug-likeness (QED) is 0.276. The van der Waals surface area contributed by atoms with E-state index >= 15 is 0 Å². The van der Waals surface area contributed by atoms with E-state index in [0.29, 0.717) is 0 Å². The molecule has 2 aliphatic rings. The Morgan fingerprint density at radius 2 is 1.26 bits per heavy atom. The molecule has 2 aliphatic carbocycles. The molecule has 0 atom stereocenters. The minimum atomic E-state index is -2.70. The second-order valence-corrected chi connectivity index (χ2v) is 19.2. The number of fused-ring (bicyclic) bond motifs is 3. The van der Waals surface area contributed by atoms with E-state index in [0.717, 1.165) is 12.8 Å². The molecule has 0 spiro atoms. The van der Waals surface area contributed by atoms with Crippen LogP contribution in [0.1, 0.15) is 81.3 Å². The molecule has 0 saturated heterocycles. The van der Waals surface area contributed by atoms with Crippen LogP contribution >= 0.6 is 0 Å². The standard InChI is InChI=1S/C21H25.C13H10.C5H5.2ClH.Zr/c1-20(2,3)16-7-9-18-14(12-16)11-15-13-17(21(4,5)6)8-10-19(15)18;1-3-7-12(8-4-1)11-13-9-5-2-6-10-13;1-2-4-5-3-1;;;/h7-10,12H,11H2,1-6H3;1-10H;1-3H,4H2;2*1H;/q;;;;;+2/p-2. The van der Waals surface area contributed by atoms with Crippen molar-refractivity contribution in [3.8, 4) is 11.1 Å². The largest absolute Gasteiger partial charge is 1.00 e. The molecule has 0 nitrogen and oxygen atoms in total. The first kappa shape index (κ1) is 32.6. The monoisotopic (exact) mass is 668 g/mol. The second kappa shape index (κ2) is 12.7. The molecule has 0 N–H and O–H groups in total. The summed E-state index contributed by atoms with van der Waals surface area (Å²) in [6, 6.07) is 34.7. The van der Waals surface area contributed by atoms with Crippen molar-refractivity contribution in [2.75, 3.05) is 0 Å². The van der Waals surface area contributed by atoms with Crippen molar-refractivity contribution >= 4 is 6.48 Å². The van der Waals surface area contributed by atoms with Crippen LogP contribution in [0.2, 0.25) is 0 Å². The van der Waals surface area contributed by atoms with E-state index in [1.54, 1.807) is 20.9 Å². The molecule has 6 rings (SSSR count). The topological polar surface area (TPSA) is 0 Å². The van der Waals surface area contributed by atoms with Crippen LogP contribution in [0.5, 0.6) is 0 Å². The molecule has 0 fully saturated rings. The SMILES string of the molecule is CC(C)(C)c1ccc2c(c1)Cc1c-2ccc(C(C)(C)C)[c]1[Zr+2]([C]1=CC=CC1)=[C](c1ccccc1)c1ccccc1.[Cl-].[Cl-]. The van der Waals surface area contributed by atoms with Crippen molar-refractivity contribution in [3.05, 3.63) is 146 Å². The second-order valence-electron chi connectivity index (χ2n) is 13.4. The van der Waals surface area contributed by atoms with Crippen LogP contribution < -0.4 is 28.1 Å². The van der Waals surface area contributed by atoms with Crippen molar-refractivity contribution in [2.24, 2.45) is 0 Å². The van der Waals surface area contributed by atoms with Gasteiger partial charge in [-0.25, -0.2) is 0 Å². The van der Waals surface area contributed by atoms with Crippen molar-refractivity contribution in [3.63, 3.8) is 0 Å². The number of allylic oxidation sites excluding steroid dienone is 4. The number of benzene rings is 4. The molecule has 4 aromatic rings. The molecule has 4 aromatic carbocycles. The van der Waals surface area contributed by atoms with Crippen LogP contribution in [0, 0.1) is 0 Å². The Morgan fingerprint density at radius 1 is 0.667 bits per heavy atom. The normalized spacial score (nSPS) is 13.2. The van der Waals surface area contributed by atoms with Crippen LogP contribution in [0.4, 0.5) is 0 Å². The summed E-state index contributed by atoms with van der Waals surface area (Å²) in [6.07, 6.45) is 9.25. The summed E-state index contributed by atoms with van der Waals surface area (Å²) in [7, 11) is 0. The fourth-order valence-corrected chi connectivity index (χ4v) is 15.3. The fourth-order valence-electron chi connectivity index (χ4n) is 6.40. The summed E-state index contributed by atoms with van der Waals surface area (Å²) >= 11 is -2.70. The first-order chi connectivity index (χ1) is 19.1. The molecule has 0 saturated carbocycles. The van der Waals surface area contributed by atoms with Gasteiger partial charge in [-0.2, -0.15) is 0 Å². The third-order valence-corrected chi connectivity index (χ3v) is 16.2. The minimum absolute atomic E-state index is 0. The maximum absolute atomic E-state index is 2.70. The summed E-state index contributed by atoms with van der Waals surface area (Å²) in [5, 5.41) is 0. The van der Waals surface area contributed by atoms with E-state index in [-0.39, 0.29) is 35.6 Å². The van der Waals surface area contributed by atoms with Gasteiger partial charge in [0.2, 0.25) is 0 Å². The zero-order chi connectivity index (χ0) is 28.1. The zero-order valence-corrected chi connectivity index (χ0v) is 29.5. The van der Waals surface area contributed by atoms with Crippen LogP contribution in [0.15, 0.2) is 113 Å². The van der Waals surface area contributed by atoms with Crippen LogP contribution in [0.3, 0.4) is 0 Å². The van der Waals surface area contributed by atoms with Gasteiger partial charge >= 0.3 is 250 Å². The number of hydrogen-bond donors (Lipinski definition) is 0. The smallest absolute Gasteiger partial charge is 1.00 e. The first-order valence-corrected chi connectivity index (χ1v) is 18.3. The van der Waals surface area contributed by atoms with Crippen LogP contribution in [0.25, 0.3) is 11.1 Å². The Bertz CT molecular complexity index is 1640. The summed E-state index contributed by atoms with van der Waals surface area (Å²) in [5.41, 5.74) is 11.9. The number of hydrogen-bond acceptors (Lipinski definition) is 0. The first-order valence-electron chi connectivity index (χ1n) is 14.6. The third-order valence-electron chi connectivity index (χ3n) is 8.47. The predicted octanol–water partition coefficient (Wildman–Crippen LogP) is 3.22. The molecule has 0 amide bonds. The van der Waals surface area contributed by atoms with Gasteiger partial charge in [0.05, 0.1) is 0 Å².